The van der Waals surface area contributed by atoms with Crippen LogP contribution in [0.5, 0.6) is 0 Å². The third kappa shape index (κ3) is 6.31. The van der Waals surface area contributed by atoms with E-state index in [1.807, 2.05) is 37.3 Å². The Hall–Kier alpha value is -1.55. The summed E-state index contributed by atoms with van der Waals surface area (Å²) in [5.74, 6) is 0.862. The van der Waals surface area contributed by atoms with Crippen LogP contribution in [-0.2, 0) is 23.4 Å². The van der Waals surface area contributed by atoms with Crippen LogP contribution in [0.1, 0.15) is 12.1 Å². The summed E-state index contributed by atoms with van der Waals surface area (Å²) in [5, 5.41) is 3.23. The van der Waals surface area contributed by atoms with Crippen molar-refractivity contribution in [2.75, 3.05) is 26.4 Å². The van der Waals surface area contributed by atoms with Crippen LogP contribution in [0.3, 0.4) is 0 Å². The highest BCUT2D eigenvalue weighted by Crippen LogP contribution is 2.10. The molecular formula is C18H27IN4O2S. The number of benzene rings is 1. The molecular weight excluding hydrogens is 463 g/mol. The summed E-state index contributed by atoms with van der Waals surface area (Å²) in [6, 6.07) is 12.6. The van der Waals surface area contributed by atoms with Crippen molar-refractivity contribution in [3.63, 3.8) is 0 Å². The number of rotatable bonds is 7. The fraction of sp³-hybridized carbons (Fsp3) is 0.389. The average Bonchev–Trinajstić information content (AvgIpc) is 3.00. The minimum atomic E-state index is -3.23. The number of nitrogens with one attached hydrogen (secondary N) is 1. The quantitative estimate of drug-likeness (QED) is 0.281. The molecule has 0 fully saturated rings. The molecule has 0 unspecified atom stereocenters. The standard InChI is InChI=1S/C18H26N4O2S.HI/c1-19-18(22(3)15-16-9-7-13-21(16)2)20-12-8-14-25(23,24)17-10-5-4-6-11-17;/h4-7,9-11,13H,8,12,14-15H2,1-3H3,(H,19,20);1H. The lowest BCUT2D eigenvalue weighted by molar-refractivity contribution is 0.462. The molecule has 0 radical (unpaired) electrons. The Balaban J connectivity index is 0.00000338. The zero-order valence-corrected chi connectivity index (χ0v) is 18.6. The fourth-order valence-corrected chi connectivity index (χ4v) is 3.90. The topological polar surface area (TPSA) is 66.7 Å². The smallest absolute Gasteiger partial charge is 0.193 e. The predicted octanol–water partition coefficient (Wildman–Crippen LogP) is 2.51. The monoisotopic (exact) mass is 490 g/mol. The van der Waals surface area contributed by atoms with Crippen LogP contribution in [0.25, 0.3) is 0 Å². The Kier molecular flexibility index (Phi) is 9.14. The van der Waals surface area contributed by atoms with Crippen molar-refractivity contribution in [1.82, 2.24) is 14.8 Å². The van der Waals surface area contributed by atoms with Gasteiger partial charge >= 0.3 is 0 Å². The number of hydrogen-bond acceptors (Lipinski definition) is 3. The number of aliphatic imine (C=N–C) groups is 1. The second kappa shape index (κ2) is 10.6. The van der Waals surface area contributed by atoms with Gasteiger partial charge in [0, 0.05) is 39.6 Å². The average molecular weight is 490 g/mol. The van der Waals surface area contributed by atoms with Crippen molar-refractivity contribution in [1.29, 1.82) is 0 Å². The van der Waals surface area contributed by atoms with Crippen molar-refractivity contribution in [3.05, 3.63) is 54.4 Å². The molecule has 6 nitrogen and oxygen atoms in total. The van der Waals surface area contributed by atoms with E-state index in [4.69, 9.17) is 0 Å². The van der Waals surface area contributed by atoms with E-state index < -0.39 is 9.84 Å². The van der Waals surface area contributed by atoms with Gasteiger partial charge in [0.1, 0.15) is 0 Å². The van der Waals surface area contributed by atoms with E-state index in [0.717, 1.165) is 12.5 Å². The van der Waals surface area contributed by atoms with E-state index in [-0.39, 0.29) is 29.7 Å². The van der Waals surface area contributed by atoms with E-state index in [1.54, 1.807) is 31.3 Å². The van der Waals surface area contributed by atoms with Crippen molar-refractivity contribution >= 4 is 39.8 Å². The van der Waals surface area contributed by atoms with Gasteiger partial charge in [0.2, 0.25) is 0 Å². The summed E-state index contributed by atoms with van der Waals surface area (Å²) in [6.45, 7) is 1.28. The van der Waals surface area contributed by atoms with Gasteiger partial charge in [-0.1, -0.05) is 18.2 Å². The van der Waals surface area contributed by atoms with Crippen LogP contribution in [0.2, 0.25) is 0 Å². The first-order valence-corrected chi connectivity index (χ1v) is 9.89. The lowest BCUT2D eigenvalue weighted by atomic mass is 10.4. The summed E-state index contributed by atoms with van der Waals surface area (Å²) in [5.41, 5.74) is 1.18. The van der Waals surface area contributed by atoms with Gasteiger partial charge in [-0.05, 0) is 30.7 Å². The van der Waals surface area contributed by atoms with Crippen LogP contribution >= 0.6 is 24.0 Å². The number of hydrogen-bond donors (Lipinski definition) is 1. The molecule has 0 bridgehead atoms. The molecule has 1 N–H and O–H groups in total. The van der Waals surface area contributed by atoms with E-state index in [2.05, 4.69) is 20.9 Å². The molecule has 0 amide bonds. The molecule has 26 heavy (non-hydrogen) atoms. The third-order valence-corrected chi connectivity index (χ3v) is 5.82. The number of nitrogens with zero attached hydrogens (tertiary/aromatic N) is 3. The second-order valence-electron chi connectivity index (χ2n) is 5.93. The summed E-state index contributed by atoms with van der Waals surface area (Å²) in [6.07, 6.45) is 2.53. The maximum atomic E-state index is 12.3. The van der Waals surface area contributed by atoms with Crippen molar-refractivity contribution in [3.8, 4) is 0 Å². The van der Waals surface area contributed by atoms with Gasteiger partial charge in [-0.15, -0.1) is 24.0 Å². The summed E-state index contributed by atoms with van der Waals surface area (Å²) < 4.78 is 26.6. The van der Waals surface area contributed by atoms with Crippen LogP contribution in [0.15, 0.2) is 58.5 Å². The van der Waals surface area contributed by atoms with Gasteiger partial charge in [0.25, 0.3) is 0 Å². The lowest BCUT2D eigenvalue weighted by Crippen LogP contribution is -2.39. The molecule has 0 spiro atoms. The Morgan fingerprint density at radius 3 is 2.46 bits per heavy atom. The predicted molar refractivity (Wildman–Crippen MR) is 117 cm³/mol. The zero-order chi connectivity index (χ0) is 18.3. The number of aryl methyl sites for hydroxylation is 1. The normalized spacial score (nSPS) is 11.7. The van der Waals surface area contributed by atoms with Gasteiger partial charge in [0.05, 0.1) is 17.2 Å². The largest absolute Gasteiger partial charge is 0.356 e. The minimum Gasteiger partial charge on any atom is -0.356 e. The molecule has 0 saturated heterocycles. The zero-order valence-electron chi connectivity index (χ0n) is 15.4. The van der Waals surface area contributed by atoms with Gasteiger partial charge < -0.3 is 14.8 Å². The lowest BCUT2D eigenvalue weighted by Gasteiger charge is -2.22. The van der Waals surface area contributed by atoms with Crippen LogP contribution in [0.4, 0.5) is 0 Å². The Morgan fingerprint density at radius 1 is 1.19 bits per heavy atom. The fourth-order valence-electron chi connectivity index (χ4n) is 2.57. The van der Waals surface area contributed by atoms with Crippen LogP contribution < -0.4 is 5.32 Å². The first kappa shape index (κ1) is 22.5. The van der Waals surface area contributed by atoms with Crippen molar-refractivity contribution < 1.29 is 8.42 Å². The maximum Gasteiger partial charge on any atom is 0.193 e. The molecule has 8 heteroatoms. The van der Waals surface area contributed by atoms with E-state index in [1.165, 1.54) is 5.69 Å². The molecule has 2 aromatic rings. The van der Waals surface area contributed by atoms with Gasteiger partial charge in [-0.3, -0.25) is 4.99 Å². The number of guanidine groups is 1. The minimum absolute atomic E-state index is 0. The number of aromatic nitrogens is 1. The van der Waals surface area contributed by atoms with Crippen molar-refractivity contribution in [2.45, 2.75) is 17.9 Å². The molecule has 1 aromatic heterocycles. The highest BCUT2D eigenvalue weighted by molar-refractivity contribution is 14.0. The van der Waals surface area contributed by atoms with Crippen molar-refractivity contribution in [2.24, 2.45) is 12.0 Å². The summed E-state index contributed by atoms with van der Waals surface area (Å²) in [4.78, 5) is 6.65. The van der Waals surface area contributed by atoms with E-state index in [9.17, 15) is 8.42 Å². The Morgan fingerprint density at radius 2 is 1.88 bits per heavy atom. The molecule has 1 aromatic carbocycles. The molecule has 1 heterocycles. The molecule has 144 valence electrons. The summed E-state index contributed by atoms with van der Waals surface area (Å²) >= 11 is 0. The molecule has 2 rings (SSSR count). The third-order valence-electron chi connectivity index (χ3n) is 4.00. The molecule has 0 saturated carbocycles. The Labute approximate surface area is 173 Å². The SMILES string of the molecule is CN=C(NCCCS(=O)(=O)c1ccccc1)N(C)Cc1cccn1C.I. The molecule has 0 aliphatic rings. The Bertz CT molecular complexity index is 804. The number of sulfone groups is 1. The van der Waals surface area contributed by atoms with Gasteiger partial charge in [0.15, 0.2) is 15.8 Å². The highest BCUT2D eigenvalue weighted by Gasteiger charge is 2.14. The number of halogens is 1. The maximum absolute atomic E-state index is 12.3. The first-order valence-electron chi connectivity index (χ1n) is 8.24. The molecule has 0 atom stereocenters. The van der Waals surface area contributed by atoms with E-state index in [0.29, 0.717) is 17.9 Å². The second-order valence-corrected chi connectivity index (χ2v) is 8.04. The summed E-state index contributed by atoms with van der Waals surface area (Å²) in [7, 11) is 2.47. The van der Waals surface area contributed by atoms with Gasteiger partial charge in [-0.25, -0.2) is 8.42 Å². The van der Waals surface area contributed by atoms with Gasteiger partial charge in [-0.2, -0.15) is 0 Å². The molecule has 0 aliphatic heterocycles. The van der Waals surface area contributed by atoms with Crippen LogP contribution in [0, 0.1) is 0 Å². The van der Waals surface area contributed by atoms with E-state index >= 15 is 0 Å². The molecule has 0 aliphatic carbocycles. The highest BCUT2D eigenvalue weighted by atomic mass is 127. The van der Waals surface area contributed by atoms with Crippen LogP contribution in [-0.4, -0.2) is 50.2 Å². The first-order chi connectivity index (χ1) is 11.9.